The van der Waals surface area contributed by atoms with Crippen LogP contribution in [0, 0.1) is 5.82 Å². The molecule has 1 aromatic heterocycles. The van der Waals surface area contributed by atoms with Crippen molar-refractivity contribution < 1.29 is 9.18 Å². The molecule has 118 valence electrons. The highest BCUT2D eigenvalue weighted by Crippen LogP contribution is 2.29. The summed E-state index contributed by atoms with van der Waals surface area (Å²) < 4.78 is 13.7. The lowest BCUT2D eigenvalue weighted by molar-refractivity contribution is 0.0957. The van der Waals surface area contributed by atoms with E-state index in [1.165, 1.54) is 17.4 Å². The number of thiophene rings is 1. The van der Waals surface area contributed by atoms with Crippen molar-refractivity contribution in [1.82, 2.24) is 10.6 Å². The van der Waals surface area contributed by atoms with E-state index in [0.29, 0.717) is 23.5 Å². The van der Waals surface area contributed by atoms with Crippen molar-refractivity contribution in [3.05, 3.63) is 47.1 Å². The monoisotopic (exact) mass is 320 g/mol. The lowest BCUT2D eigenvalue weighted by Crippen LogP contribution is -2.41. The molecule has 2 rings (SSSR count). The van der Waals surface area contributed by atoms with E-state index in [9.17, 15) is 9.18 Å². The molecular formula is C17H21FN2OS. The van der Waals surface area contributed by atoms with Crippen molar-refractivity contribution in [3.8, 4) is 10.4 Å². The molecule has 2 N–H and O–H groups in total. The average molecular weight is 320 g/mol. The largest absolute Gasteiger partial charge is 0.350 e. The minimum Gasteiger partial charge on any atom is -0.350 e. The number of carbonyl (C=O) groups is 1. The third-order valence-electron chi connectivity index (χ3n) is 3.03. The van der Waals surface area contributed by atoms with Crippen LogP contribution in [0.2, 0.25) is 0 Å². The van der Waals surface area contributed by atoms with Crippen LogP contribution in [-0.2, 0) is 0 Å². The first kappa shape index (κ1) is 16.6. The molecule has 22 heavy (non-hydrogen) atoms. The summed E-state index contributed by atoms with van der Waals surface area (Å²) in [5.74, 6) is -0.394. The number of benzene rings is 1. The van der Waals surface area contributed by atoms with Gasteiger partial charge in [0.15, 0.2) is 0 Å². The van der Waals surface area contributed by atoms with Crippen LogP contribution >= 0.6 is 11.3 Å². The normalized spacial score (nSPS) is 11.5. The second-order valence-corrected chi connectivity index (χ2v) is 7.16. The Morgan fingerprint density at radius 2 is 1.86 bits per heavy atom. The zero-order valence-electron chi connectivity index (χ0n) is 13.1. The van der Waals surface area contributed by atoms with Gasteiger partial charge in [-0.1, -0.05) is 18.2 Å². The summed E-state index contributed by atoms with van der Waals surface area (Å²) in [5.41, 5.74) is 0.562. The number of carbonyl (C=O) groups excluding carboxylic acids is 1. The zero-order valence-corrected chi connectivity index (χ0v) is 13.9. The lowest BCUT2D eigenvalue weighted by Gasteiger charge is -2.20. The van der Waals surface area contributed by atoms with Gasteiger partial charge in [0.2, 0.25) is 0 Å². The molecule has 2 aromatic rings. The molecule has 0 saturated heterocycles. The Morgan fingerprint density at radius 3 is 2.55 bits per heavy atom. The average Bonchev–Trinajstić information content (AvgIpc) is 2.92. The van der Waals surface area contributed by atoms with E-state index < -0.39 is 0 Å². The quantitative estimate of drug-likeness (QED) is 0.825. The Balaban J connectivity index is 1.94. The van der Waals surface area contributed by atoms with E-state index >= 15 is 0 Å². The van der Waals surface area contributed by atoms with E-state index in [-0.39, 0.29) is 17.3 Å². The Kier molecular flexibility index (Phi) is 5.32. The predicted molar refractivity (Wildman–Crippen MR) is 89.8 cm³/mol. The number of hydrogen-bond acceptors (Lipinski definition) is 3. The highest BCUT2D eigenvalue weighted by Gasteiger charge is 2.13. The number of amides is 1. The molecule has 0 atom stereocenters. The van der Waals surface area contributed by atoms with Gasteiger partial charge in [0.1, 0.15) is 5.82 Å². The molecule has 3 nitrogen and oxygen atoms in total. The topological polar surface area (TPSA) is 41.1 Å². The van der Waals surface area contributed by atoms with Gasteiger partial charge in [-0.05, 0) is 39.0 Å². The molecule has 0 saturated carbocycles. The fourth-order valence-electron chi connectivity index (χ4n) is 1.97. The molecule has 0 aliphatic rings. The van der Waals surface area contributed by atoms with Crippen LogP contribution < -0.4 is 10.6 Å². The molecule has 1 heterocycles. The highest BCUT2D eigenvalue weighted by molar-refractivity contribution is 7.17. The van der Waals surface area contributed by atoms with Gasteiger partial charge in [-0.25, -0.2) is 4.39 Å². The van der Waals surface area contributed by atoms with Crippen molar-refractivity contribution in [1.29, 1.82) is 0 Å². The fraction of sp³-hybridized carbons (Fsp3) is 0.353. The molecule has 5 heteroatoms. The summed E-state index contributed by atoms with van der Waals surface area (Å²) in [6, 6.07) is 10.1. The van der Waals surface area contributed by atoms with Crippen LogP contribution in [0.1, 0.15) is 30.4 Å². The maximum atomic E-state index is 13.7. The van der Waals surface area contributed by atoms with Crippen LogP contribution in [0.3, 0.4) is 0 Å². The van der Waals surface area contributed by atoms with E-state index in [1.54, 1.807) is 30.3 Å². The van der Waals surface area contributed by atoms with Crippen LogP contribution in [0.4, 0.5) is 4.39 Å². The molecular weight excluding hydrogens is 299 g/mol. The lowest BCUT2D eigenvalue weighted by atomic mass is 10.1. The molecule has 0 fully saturated rings. The van der Waals surface area contributed by atoms with E-state index in [2.05, 4.69) is 31.4 Å². The van der Waals surface area contributed by atoms with E-state index in [4.69, 9.17) is 0 Å². The van der Waals surface area contributed by atoms with Crippen molar-refractivity contribution in [2.45, 2.75) is 26.3 Å². The molecule has 0 radical (unpaired) electrons. The van der Waals surface area contributed by atoms with Gasteiger partial charge < -0.3 is 10.6 Å². The van der Waals surface area contributed by atoms with Gasteiger partial charge in [0, 0.05) is 29.1 Å². The van der Waals surface area contributed by atoms with Crippen molar-refractivity contribution in [3.63, 3.8) is 0 Å². The number of hydrogen-bond donors (Lipinski definition) is 2. The Morgan fingerprint density at radius 1 is 1.14 bits per heavy atom. The van der Waals surface area contributed by atoms with Gasteiger partial charge in [-0.3, -0.25) is 4.79 Å². The predicted octanol–water partition coefficient (Wildman–Crippen LogP) is 3.67. The van der Waals surface area contributed by atoms with E-state index in [1.807, 2.05) is 0 Å². The first-order valence-corrected chi connectivity index (χ1v) is 8.06. The maximum absolute atomic E-state index is 13.7. The van der Waals surface area contributed by atoms with Crippen LogP contribution in [0.15, 0.2) is 36.4 Å². The zero-order chi connectivity index (χ0) is 16.2. The second-order valence-electron chi connectivity index (χ2n) is 6.08. The minimum atomic E-state index is -0.273. The number of nitrogens with one attached hydrogen (secondary N) is 2. The number of rotatable bonds is 5. The summed E-state index contributed by atoms with van der Waals surface area (Å²) in [6.45, 7) is 7.50. The maximum Gasteiger partial charge on any atom is 0.261 e. The molecule has 1 amide bonds. The van der Waals surface area contributed by atoms with E-state index in [0.717, 1.165) is 4.88 Å². The summed E-state index contributed by atoms with van der Waals surface area (Å²) in [6.07, 6.45) is 0. The van der Waals surface area contributed by atoms with Gasteiger partial charge in [0.25, 0.3) is 5.91 Å². The fourth-order valence-corrected chi connectivity index (χ4v) is 2.92. The van der Waals surface area contributed by atoms with Crippen LogP contribution in [0.5, 0.6) is 0 Å². The van der Waals surface area contributed by atoms with Crippen LogP contribution in [0.25, 0.3) is 10.4 Å². The van der Waals surface area contributed by atoms with Crippen molar-refractivity contribution >= 4 is 17.2 Å². The SMILES string of the molecule is CC(C)(C)NCCNC(=O)c1ccc(-c2ccccc2F)s1. The molecule has 0 bridgehead atoms. The first-order chi connectivity index (χ1) is 10.4. The Hall–Kier alpha value is -1.72. The number of halogens is 1. The molecule has 1 aromatic carbocycles. The summed E-state index contributed by atoms with van der Waals surface area (Å²) in [4.78, 5) is 13.4. The molecule has 0 aliphatic heterocycles. The summed E-state index contributed by atoms with van der Waals surface area (Å²) >= 11 is 1.30. The molecule has 0 unspecified atom stereocenters. The Labute approximate surface area is 134 Å². The molecule has 0 spiro atoms. The van der Waals surface area contributed by atoms with Gasteiger partial charge in [0.05, 0.1) is 4.88 Å². The van der Waals surface area contributed by atoms with Gasteiger partial charge in [-0.15, -0.1) is 11.3 Å². The van der Waals surface area contributed by atoms with Gasteiger partial charge >= 0.3 is 0 Å². The third-order valence-corrected chi connectivity index (χ3v) is 4.15. The smallest absolute Gasteiger partial charge is 0.261 e. The third kappa shape index (κ3) is 4.64. The second kappa shape index (κ2) is 7.03. The van der Waals surface area contributed by atoms with Gasteiger partial charge in [-0.2, -0.15) is 0 Å². The highest BCUT2D eigenvalue weighted by atomic mass is 32.1. The first-order valence-electron chi connectivity index (χ1n) is 7.25. The minimum absolute atomic E-state index is 0.0334. The van der Waals surface area contributed by atoms with Crippen LogP contribution in [-0.4, -0.2) is 24.5 Å². The Bertz CT molecular complexity index is 646. The molecule has 0 aliphatic carbocycles. The summed E-state index contributed by atoms with van der Waals surface area (Å²) in [5, 5.41) is 6.17. The van der Waals surface area contributed by atoms with Crippen molar-refractivity contribution in [2.24, 2.45) is 0 Å². The summed E-state index contributed by atoms with van der Waals surface area (Å²) in [7, 11) is 0. The van der Waals surface area contributed by atoms with Crippen molar-refractivity contribution in [2.75, 3.05) is 13.1 Å². The standard InChI is InChI=1S/C17H21FN2OS/c1-17(2,3)20-11-10-19-16(21)15-9-8-14(22-15)12-6-4-5-7-13(12)18/h4-9,20H,10-11H2,1-3H3,(H,19,21).